The lowest BCUT2D eigenvalue weighted by atomic mass is 9.88. The van der Waals surface area contributed by atoms with Crippen molar-refractivity contribution >= 4 is 28.7 Å². The summed E-state index contributed by atoms with van der Waals surface area (Å²) in [5.74, 6) is 1.12. The Morgan fingerprint density at radius 2 is 1.87 bits per heavy atom. The van der Waals surface area contributed by atoms with Crippen molar-refractivity contribution in [3.05, 3.63) is 89.6 Å². The molecule has 0 aliphatic carbocycles. The molecule has 3 aromatic carbocycles. The number of methoxy groups -OCH3 is 1. The van der Waals surface area contributed by atoms with Crippen LogP contribution < -0.4 is 15.4 Å². The summed E-state index contributed by atoms with van der Waals surface area (Å²) in [4.78, 5) is 32.4. The van der Waals surface area contributed by atoms with Crippen LogP contribution in [-0.4, -0.2) is 65.8 Å². The van der Waals surface area contributed by atoms with Gasteiger partial charge >= 0.3 is 0 Å². The van der Waals surface area contributed by atoms with E-state index >= 15 is 0 Å². The van der Waals surface area contributed by atoms with E-state index < -0.39 is 5.54 Å². The van der Waals surface area contributed by atoms with Crippen LogP contribution in [0.25, 0.3) is 22.0 Å². The smallest absolute Gasteiger partial charge is 0.259 e. The molecule has 3 heterocycles. The van der Waals surface area contributed by atoms with Crippen molar-refractivity contribution in [2.45, 2.75) is 45.2 Å². The van der Waals surface area contributed by atoms with Gasteiger partial charge in [-0.2, -0.15) is 0 Å². The van der Waals surface area contributed by atoms with Crippen molar-refractivity contribution in [2.24, 2.45) is 5.92 Å². The number of carbonyl (C=O) groups is 2. The number of piperidine rings is 1. The standard InChI is InChI=1S/C36H42N6O3/c1-24(43)41-17-14-25(15-18-41)23-42-34(44)36(2,40-35(42)37)29-8-6-7-26(19-29)32-20-30(45-3)12-11-27(32)21-38-16-13-28-22-39-33-10-5-4-9-31(28)33/h4-12,19-20,22,25,38-39H,13-18,21,23H2,1-3H3,(H2,37,40). The zero-order chi connectivity index (χ0) is 31.6. The number of ether oxygens (including phenoxy) is 1. The first kappa shape index (κ1) is 30.4. The van der Waals surface area contributed by atoms with E-state index in [1.807, 2.05) is 42.2 Å². The zero-order valence-corrected chi connectivity index (χ0v) is 26.3. The van der Waals surface area contributed by atoms with Gasteiger partial charge in [-0.05, 0) is 90.7 Å². The van der Waals surface area contributed by atoms with E-state index in [0.29, 0.717) is 26.2 Å². The summed E-state index contributed by atoms with van der Waals surface area (Å²) in [6, 6.07) is 22.5. The lowest BCUT2D eigenvalue weighted by molar-refractivity contribution is -0.133. The molecule has 4 aromatic rings. The number of amides is 2. The molecule has 4 N–H and O–H groups in total. The number of guanidine groups is 1. The maximum atomic E-state index is 13.9. The van der Waals surface area contributed by atoms with Crippen LogP contribution in [0, 0.1) is 11.3 Å². The number of likely N-dealkylation sites (tertiary alicyclic amines) is 1. The molecule has 1 atom stereocenters. The Bertz CT molecular complexity index is 1720. The van der Waals surface area contributed by atoms with Gasteiger partial charge in [0.1, 0.15) is 11.3 Å². The lowest BCUT2D eigenvalue weighted by Crippen LogP contribution is -2.43. The maximum Gasteiger partial charge on any atom is 0.259 e. The first-order chi connectivity index (χ1) is 21.8. The van der Waals surface area contributed by atoms with Crippen molar-refractivity contribution in [1.29, 1.82) is 5.41 Å². The molecule has 0 saturated carbocycles. The van der Waals surface area contributed by atoms with Crippen molar-refractivity contribution < 1.29 is 14.3 Å². The van der Waals surface area contributed by atoms with Gasteiger partial charge in [0.25, 0.3) is 5.91 Å². The predicted octanol–water partition coefficient (Wildman–Crippen LogP) is 5.02. The first-order valence-electron chi connectivity index (χ1n) is 15.7. The van der Waals surface area contributed by atoms with Gasteiger partial charge in [0, 0.05) is 50.2 Å². The molecule has 1 aromatic heterocycles. The van der Waals surface area contributed by atoms with Crippen LogP contribution in [0.4, 0.5) is 0 Å². The molecule has 6 rings (SSSR count). The van der Waals surface area contributed by atoms with E-state index in [1.165, 1.54) is 10.9 Å². The highest BCUT2D eigenvalue weighted by molar-refractivity contribution is 6.08. The first-order valence-corrected chi connectivity index (χ1v) is 15.7. The van der Waals surface area contributed by atoms with Crippen LogP contribution >= 0.6 is 0 Å². The van der Waals surface area contributed by atoms with Crippen LogP contribution in [0.5, 0.6) is 5.75 Å². The fraction of sp³-hybridized carbons (Fsp3) is 0.361. The van der Waals surface area contributed by atoms with E-state index in [1.54, 1.807) is 18.9 Å². The minimum Gasteiger partial charge on any atom is -0.497 e. The molecule has 9 nitrogen and oxygen atoms in total. The minimum absolute atomic E-state index is 0.0907. The van der Waals surface area contributed by atoms with Gasteiger partial charge in [-0.25, -0.2) is 0 Å². The summed E-state index contributed by atoms with van der Waals surface area (Å²) >= 11 is 0. The number of carbonyl (C=O) groups excluding carboxylic acids is 2. The van der Waals surface area contributed by atoms with Crippen LogP contribution in [0.1, 0.15) is 43.4 Å². The number of aromatic nitrogens is 1. The van der Waals surface area contributed by atoms with E-state index in [-0.39, 0.29) is 23.7 Å². The Hall–Kier alpha value is -4.63. The Kier molecular flexibility index (Phi) is 8.63. The van der Waals surface area contributed by atoms with E-state index in [4.69, 9.17) is 10.1 Å². The van der Waals surface area contributed by atoms with Gasteiger partial charge in [0.05, 0.1) is 7.11 Å². The third-order valence-electron chi connectivity index (χ3n) is 9.44. The largest absolute Gasteiger partial charge is 0.497 e. The van der Waals surface area contributed by atoms with Crippen molar-refractivity contribution in [3.63, 3.8) is 0 Å². The quantitative estimate of drug-likeness (QED) is 0.190. The van der Waals surface area contributed by atoms with Gasteiger partial charge in [0.15, 0.2) is 5.96 Å². The molecule has 0 bridgehead atoms. The predicted molar refractivity (Wildman–Crippen MR) is 177 cm³/mol. The van der Waals surface area contributed by atoms with E-state index in [9.17, 15) is 9.59 Å². The number of hydrogen-bond donors (Lipinski definition) is 4. The SMILES string of the molecule is COc1ccc(CNCCc2c[nH]c3ccccc23)c(-c2cccc(C3(C)NC(=N)N(CC4CCN(C(C)=O)CC4)C3=O)c2)c1. The molecular weight excluding hydrogens is 564 g/mol. The molecule has 0 spiro atoms. The number of nitrogens with zero attached hydrogens (tertiary/aromatic N) is 2. The number of aromatic amines is 1. The number of nitrogens with one attached hydrogen (secondary N) is 4. The minimum atomic E-state index is -1.05. The number of H-pyrrole nitrogens is 1. The second-order valence-electron chi connectivity index (χ2n) is 12.4. The fourth-order valence-corrected chi connectivity index (χ4v) is 6.68. The summed E-state index contributed by atoms with van der Waals surface area (Å²) in [6.45, 7) is 6.85. The number of rotatable bonds is 10. The molecular formula is C36H42N6O3. The van der Waals surface area contributed by atoms with Crippen molar-refractivity contribution in [3.8, 4) is 16.9 Å². The Morgan fingerprint density at radius 3 is 2.64 bits per heavy atom. The summed E-state index contributed by atoms with van der Waals surface area (Å²) < 4.78 is 5.59. The zero-order valence-electron chi connectivity index (χ0n) is 26.3. The highest BCUT2D eigenvalue weighted by Gasteiger charge is 2.47. The molecule has 9 heteroatoms. The van der Waals surface area contributed by atoms with Crippen molar-refractivity contribution in [1.82, 2.24) is 25.4 Å². The number of benzene rings is 3. The fourth-order valence-electron chi connectivity index (χ4n) is 6.68. The number of para-hydroxylation sites is 1. The summed E-state index contributed by atoms with van der Waals surface area (Å²) in [7, 11) is 1.67. The van der Waals surface area contributed by atoms with Crippen molar-refractivity contribution in [2.75, 3.05) is 33.3 Å². The van der Waals surface area contributed by atoms with Crippen LogP contribution in [0.2, 0.25) is 0 Å². The third-order valence-corrected chi connectivity index (χ3v) is 9.44. The molecule has 234 valence electrons. The van der Waals surface area contributed by atoms with Gasteiger partial charge in [-0.15, -0.1) is 0 Å². The van der Waals surface area contributed by atoms with Gasteiger partial charge in [-0.3, -0.25) is 19.9 Å². The van der Waals surface area contributed by atoms with Gasteiger partial charge in [-0.1, -0.05) is 42.5 Å². The average molecular weight is 607 g/mol. The Labute approximate surface area is 264 Å². The third kappa shape index (κ3) is 6.17. The molecule has 2 fully saturated rings. The molecule has 1 unspecified atom stereocenters. The average Bonchev–Trinajstić information content (AvgIpc) is 3.57. The Morgan fingerprint density at radius 1 is 1.07 bits per heavy atom. The van der Waals surface area contributed by atoms with Gasteiger partial charge in [0.2, 0.25) is 5.91 Å². The van der Waals surface area contributed by atoms with Crippen LogP contribution in [0.15, 0.2) is 72.9 Å². The van der Waals surface area contributed by atoms with Gasteiger partial charge < -0.3 is 25.3 Å². The second kappa shape index (κ2) is 12.8. The normalized spacial score (nSPS) is 18.9. The molecule has 2 aliphatic rings. The monoisotopic (exact) mass is 606 g/mol. The number of hydrogen-bond acceptors (Lipinski definition) is 5. The highest BCUT2D eigenvalue weighted by Crippen LogP contribution is 2.35. The second-order valence-corrected chi connectivity index (χ2v) is 12.4. The summed E-state index contributed by atoms with van der Waals surface area (Å²) in [6.07, 6.45) is 4.66. The summed E-state index contributed by atoms with van der Waals surface area (Å²) in [5.41, 5.74) is 5.36. The maximum absolute atomic E-state index is 13.9. The Balaban J connectivity index is 1.17. The lowest BCUT2D eigenvalue weighted by Gasteiger charge is -2.33. The molecule has 2 amide bonds. The van der Waals surface area contributed by atoms with E-state index in [0.717, 1.165) is 59.3 Å². The molecule has 45 heavy (non-hydrogen) atoms. The van der Waals surface area contributed by atoms with E-state index in [2.05, 4.69) is 58.2 Å². The molecule has 0 radical (unpaired) electrons. The number of fused-ring (bicyclic) bond motifs is 1. The summed E-state index contributed by atoms with van der Waals surface area (Å²) in [5, 5.41) is 16.7. The molecule has 2 saturated heterocycles. The topological polar surface area (TPSA) is 114 Å². The highest BCUT2D eigenvalue weighted by atomic mass is 16.5. The van der Waals surface area contributed by atoms with Crippen LogP contribution in [-0.2, 0) is 28.1 Å². The molecule has 2 aliphatic heterocycles. The van der Waals surface area contributed by atoms with Crippen LogP contribution in [0.3, 0.4) is 0 Å².